The van der Waals surface area contributed by atoms with E-state index >= 15 is 0 Å². The number of nitrogen functional groups attached to an aromatic ring is 1. The molecular formula is C12H18N2O. The molecule has 82 valence electrons. The molecular weight excluding hydrogens is 188 g/mol. The Hall–Kier alpha value is -1.09. The van der Waals surface area contributed by atoms with Gasteiger partial charge in [-0.15, -0.1) is 0 Å². The Morgan fingerprint density at radius 1 is 1.27 bits per heavy atom. The smallest absolute Gasteiger partial charge is 0.123 e. The molecule has 3 nitrogen and oxygen atoms in total. The molecule has 1 saturated carbocycles. The molecule has 1 aliphatic carbocycles. The van der Waals surface area contributed by atoms with Crippen LogP contribution in [0.4, 0.5) is 5.82 Å². The lowest BCUT2D eigenvalue weighted by atomic mass is 9.98. The molecule has 0 spiro atoms. The number of nitrogens with two attached hydrogens (primary N) is 1. The van der Waals surface area contributed by atoms with E-state index in [2.05, 4.69) is 4.98 Å². The number of pyridine rings is 1. The fraction of sp³-hybridized carbons (Fsp3) is 0.583. The second-order valence-corrected chi connectivity index (χ2v) is 4.12. The van der Waals surface area contributed by atoms with E-state index in [9.17, 15) is 0 Å². The summed E-state index contributed by atoms with van der Waals surface area (Å²) in [6.07, 6.45) is 6.78. The molecule has 0 unspecified atom stereocenters. The third-order valence-electron chi connectivity index (χ3n) is 2.85. The molecule has 0 aromatic carbocycles. The van der Waals surface area contributed by atoms with Crippen LogP contribution in [0.5, 0.6) is 0 Å². The second kappa shape index (κ2) is 5.12. The van der Waals surface area contributed by atoms with Crippen LogP contribution in [0.25, 0.3) is 0 Å². The third kappa shape index (κ3) is 3.20. The van der Waals surface area contributed by atoms with Gasteiger partial charge in [-0.25, -0.2) is 4.98 Å². The Bertz CT molecular complexity index is 308. The van der Waals surface area contributed by atoms with Crippen LogP contribution in [0.2, 0.25) is 0 Å². The number of rotatable bonds is 3. The van der Waals surface area contributed by atoms with Gasteiger partial charge in [-0.05, 0) is 25.0 Å². The maximum atomic E-state index is 5.81. The number of hydrogen-bond donors (Lipinski definition) is 1. The Kier molecular flexibility index (Phi) is 3.56. The van der Waals surface area contributed by atoms with Gasteiger partial charge in [0.25, 0.3) is 0 Å². The fourth-order valence-corrected chi connectivity index (χ4v) is 2.01. The number of ether oxygens (including phenoxy) is 1. The maximum Gasteiger partial charge on any atom is 0.123 e. The van der Waals surface area contributed by atoms with Crippen molar-refractivity contribution >= 4 is 5.82 Å². The lowest BCUT2D eigenvalue weighted by Crippen LogP contribution is -2.16. The van der Waals surface area contributed by atoms with Crippen LogP contribution < -0.4 is 5.73 Å². The fourth-order valence-electron chi connectivity index (χ4n) is 2.01. The highest BCUT2D eigenvalue weighted by atomic mass is 16.5. The van der Waals surface area contributed by atoms with Crippen LogP contribution in [0.3, 0.4) is 0 Å². The Morgan fingerprint density at radius 2 is 2.07 bits per heavy atom. The molecule has 0 amide bonds. The van der Waals surface area contributed by atoms with Crippen LogP contribution in [-0.4, -0.2) is 11.1 Å². The first-order chi connectivity index (χ1) is 7.34. The summed E-state index contributed by atoms with van der Waals surface area (Å²) in [4.78, 5) is 4.21. The van der Waals surface area contributed by atoms with E-state index in [0.717, 1.165) is 5.69 Å². The zero-order chi connectivity index (χ0) is 10.5. The minimum absolute atomic E-state index is 0.432. The van der Waals surface area contributed by atoms with Crippen molar-refractivity contribution in [2.24, 2.45) is 0 Å². The van der Waals surface area contributed by atoms with Gasteiger partial charge in [0, 0.05) is 0 Å². The minimum Gasteiger partial charge on any atom is -0.384 e. The summed E-state index contributed by atoms with van der Waals surface area (Å²) in [5.41, 5.74) is 6.53. The van der Waals surface area contributed by atoms with Gasteiger partial charge in [-0.3, -0.25) is 0 Å². The summed E-state index contributed by atoms with van der Waals surface area (Å²) in [6.45, 7) is 0.593. The summed E-state index contributed by atoms with van der Waals surface area (Å²) >= 11 is 0. The molecule has 0 aliphatic heterocycles. The lowest BCUT2D eigenvalue weighted by molar-refractivity contribution is 0.0153. The van der Waals surface area contributed by atoms with E-state index in [-0.39, 0.29) is 0 Å². The normalized spacial score (nSPS) is 17.9. The minimum atomic E-state index is 0.432. The first-order valence-electron chi connectivity index (χ1n) is 5.67. The molecule has 1 aromatic heterocycles. The van der Waals surface area contributed by atoms with Gasteiger partial charge in [0.05, 0.1) is 18.4 Å². The summed E-state index contributed by atoms with van der Waals surface area (Å²) in [7, 11) is 0. The van der Waals surface area contributed by atoms with Crippen molar-refractivity contribution in [2.45, 2.75) is 44.8 Å². The predicted molar refractivity (Wildman–Crippen MR) is 60.3 cm³/mol. The van der Waals surface area contributed by atoms with E-state index in [1.807, 2.05) is 12.1 Å². The van der Waals surface area contributed by atoms with Gasteiger partial charge >= 0.3 is 0 Å². The number of anilines is 1. The Morgan fingerprint density at radius 3 is 2.80 bits per heavy atom. The van der Waals surface area contributed by atoms with Crippen molar-refractivity contribution in [3.63, 3.8) is 0 Å². The number of hydrogen-bond acceptors (Lipinski definition) is 3. The highest BCUT2D eigenvalue weighted by molar-refractivity contribution is 5.28. The van der Waals surface area contributed by atoms with Gasteiger partial charge < -0.3 is 10.5 Å². The van der Waals surface area contributed by atoms with Crippen LogP contribution in [0, 0.1) is 0 Å². The van der Waals surface area contributed by atoms with Gasteiger partial charge in [0.1, 0.15) is 5.82 Å². The van der Waals surface area contributed by atoms with E-state index < -0.39 is 0 Å². The molecule has 2 N–H and O–H groups in total. The molecule has 1 heterocycles. The van der Waals surface area contributed by atoms with Crippen LogP contribution >= 0.6 is 0 Å². The van der Waals surface area contributed by atoms with Crippen molar-refractivity contribution in [2.75, 3.05) is 5.73 Å². The van der Waals surface area contributed by atoms with Crippen molar-refractivity contribution in [1.82, 2.24) is 4.98 Å². The van der Waals surface area contributed by atoms with Crippen LogP contribution in [0.1, 0.15) is 37.8 Å². The summed E-state index contributed by atoms with van der Waals surface area (Å²) in [5.74, 6) is 0.569. The molecule has 0 bridgehead atoms. The topological polar surface area (TPSA) is 48.1 Å². The molecule has 1 fully saturated rings. The monoisotopic (exact) mass is 206 g/mol. The molecule has 0 radical (unpaired) electrons. The summed E-state index contributed by atoms with van der Waals surface area (Å²) in [5, 5.41) is 0. The van der Waals surface area contributed by atoms with Crippen LogP contribution in [0.15, 0.2) is 18.2 Å². The summed E-state index contributed by atoms with van der Waals surface area (Å²) < 4.78 is 5.81. The molecule has 2 rings (SSSR count). The van der Waals surface area contributed by atoms with E-state index in [0.29, 0.717) is 18.5 Å². The highest BCUT2D eigenvalue weighted by Crippen LogP contribution is 2.21. The molecule has 0 atom stereocenters. The highest BCUT2D eigenvalue weighted by Gasteiger charge is 2.13. The van der Waals surface area contributed by atoms with Gasteiger partial charge in [-0.2, -0.15) is 0 Å². The predicted octanol–water partition coefficient (Wildman–Crippen LogP) is 2.51. The van der Waals surface area contributed by atoms with Crippen molar-refractivity contribution in [1.29, 1.82) is 0 Å². The zero-order valence-corrected chi connectivity index (χ0v) is 8.98. The second-order valence-electron chi connectivity index (χ2n) is 4.12. The maximum absolute atomic E-state index is 5.81. The average molecular weight is 206 g/mol. The largest absolute Gasteiger partial charge is 0.384 e. The van der Waals surface area contributed by atoms with Crippen LogP contribution in [-0.2, 0) is 11.3 Å². The molecule has 1 aliphatic rings. The SMILES string of the molecule is Nc1cccc(COC2CCCCC2)n1. The average Bonchev–Trinajstić information content (AvgIpc) is 2.28. The number of nitrogens with zero attached hydrogens (tertiary/aromatic N) is 1. The zero-order valence-electron chi connectivity index (χ0n) is 8.98. The Balaban J connectivity index is 1.81. The van der Waals surface area contributed by atoms with Gasteiger partial charge in [0.15, 0.2) is 0 Å². The lowest BCUT2D eigenvalue weighted by Gasteiger charge is -2.21. The van der Waals surface area contributed by atoms with E-state index in [1.54, 1.807) is 6.07 Å². The molecule has 0 saturated heterocycles. The standard InChI is InChI=1S/C12H18N2O/c13-12-8-4-5-10(14-12)9-15-11-6-2-1-3-7-11/h4-5,8,11H,1-3,6-7,9H2,(H2,13,14). The van der Waals surface area contributed by atoms with Gasteiger partial charge in [-0.1, -0.05) is 25.3 Å². The van der Waals surface area contributed by atoms with E-state index in [4.69, 9.17) is 10.5 Å². The van der Waals surface area contributed by atoms with Crippen molar-refractivity contribution in [3.05, 3.63) is 23.9 Å². The quantitative estimate of drug-likeness (QED) is 0.826. The third-order valence-corrected chi connectivity index (χ3v) is 2.85. The molecule has 1 aromatic rings. The number of aromatic nitrogens is 1. The molecule has 3 heteroatoms. The molecule has 15 heavy (non-hydrogen) atoms. The first kappa shape index (κ1) is 10.4. The Labute approximate surface area is 90.7 Å². The van der Waals surface area contributed by atoms with Gasteiger partial charge in [0.2, 0.25) is 0 Å². The van der Waals surface area contributed by atoms with Crippen molar-refractivity contribution < 1.29 is 4.74 Å². The summed E-state index contributed by atoms with van der Waals surface area (Å²) in [6, 6.07) is 5.67. The van der Waals surface area contributed by atoms with Crippen molar-refractivity contribution in [3.8, 4) is 0 Å². The first-order valence-corrected chi connectivity index (χ1v) is 5.67. The van der Waals surface area contributed by atoms with E-state index in [1.165, 1.54) is 32.1 Å².